The average molecular weight is 227 g/mol. The monoisotopic (exact) mass is 226 g/mol. The van der Waals surface area contributed by atoms with Gasteiger partial charge in [0.1, 0.15) is 18.1 Å². The van der Waals surface area contributed by atoms with E-state index in [9.17, 15) is 0 Å². The maximum atomic E-state index is 5.60. The van der Waals surface area contributed by atoms with E-state index < -0.39 is 0 Å². The summed E-state index contributed by atoms with van der Waals surface area (Å²) in [6, 6.07) is 7.85. The third-order valence-electron chi connectivity index (χ3n) is 2.08. The van der Waals surface area contributed by atoms with Crippen molar-refractivity contribution in [2.24, 2.45) is 4.99 Å². The van der Waals surface area contributed by atoms with Crippen molar-refractivity contribution in [2.45, 2.75) is 6.23 Å². The predicted molar refractivity (Wildman–Crippen MR) is 57.9 cm³/mol. The van der Waals surface area contributed by atoms with E-state index in [2.05, 4.69) is 4.99 Å². The topological polar surface area (TPSA) is 34.1 Å². The highest BCUT2D eigenvalue weighted by molar-refractivity contribution is 6.18. The van der Waals surface area contributed by atoms with Crippen LogP contribution >= 0.6 is 11.6 Å². The molecule has 0 bridgehead atoms. The van der Waals surface area contributed by atoms with E-state index in [4.69, 9.17) is 21.2 Å². The van der Waals surface area contributed by atoms with Crippen molar-refractivity contribution in [1.29, 1.82) is 0 Å². The Kier molecular flexibility index (Phi) is 3.08. The Labute approximate surface area is 93.0 Å². The molecule has 0 radical (unpaired) electrons. The van der Waals surface area contributed by atoms with Gasteiger partial charge in [-0.2, -0.15) is 0 Å². The molecule has 5 heteroatoms. The Morgan fingerprint density at radius 3 is 2.73 bits per heavy atom. The summed E-state index contributed by atoms with van der Waals surface area (Å²) in [6.07, 6.45) is 1.29. The van der Waals surface area contributed by atoms with Crippen molar-refractivity contribution >= 4 is 17.9 Å². The lowest BCUT2D eigenvalue weighted by Crippen LogP contribution is -2.15. The van der Waals surface area contributed by atoms with E-state index in [0.717, 1.165) is 11.3 Å². The zero-order valence-electron chi connectivity index (χ0n) is 8.26. The number of benzene rings is 1. The highest BCUT2D eigenvalue weighted by Crippen LogP contribution is 2.25. The molecule has 1 aromatic rings. The van der Waals surface area contributed by atoms with E-state index in [1.54, 1.807) is 13.4 Å². The quantitative estimate of drug-likeness (QED) is 0.585. The first-order valence-corrected chi connectivity index (χ1v) is 5.03. The van der Waals surface area contributed by atoms with Crippen LogP contribution in [0, 0.1) is 0 Å². The second kappa shape index (κ2) is 4.51. The fourth-order valence-electron chi connectivity index (χ4n) is 1.29. The molecule has 0 unspecified atom stereocenters. The highest BCUT2D eigenvalue weighted by Gasteiger charge is 2.19. The van der Waals surface area contributed by atoms with E-state index in [-0.39, 0.29) is 12.2 Å². The largest absolute Gasteiger partial charge is 0.497 e. The molecule has 1 aromatic carbocycles. The number of aliphatic imine (C=N–C) groups is 1. The molecule has 0 aromatic heterocycles. The van der Waals surface area contributed by atoms with Gasteiger partial charge in [0.25, 0.3) is 0 Å². The van der Waals surface area contributed by atoms with Gasteiger partial charge in [-0.3, -0.25) is 0 Å². The van der Waals surface area contributed by atoms with Crippen LogP contribution in [0.4, 0.5) is 0 Å². The van der Waals surface area contributed by atoms with Crippen molar-refractivity contribution in [3.05, 3.63) is 29.8 Å². The summed E-state index contributed by atoms with van der Waals surface area (Å²) in [6.45, 7) is 0. The number of rotatable bonds is 3. The summed E-state index contributed by atoms with van der Waals surface area (Å²) in [5.74, 6) is 0.815. The van der Waals surface area contributed by atoms with Crippen LogP contribution in [0.1, 0.15) is 11.8 Å². The van der Waals surface area contributed by atoms with Crippen molar-refractivity contribution in [2.75, 3.05) is 13.1 Å². The number of ether oxygens (including phenoxy) is 1. The van der Waals surface area contributed by atoms with Crippen LogP contribution in [-0.4, -0.2) is 24.5 Å². The molecular formula is C10H11ClN2O2. The number of hydrogen-bond acceptors (Lipinski definition) is 4. The molecule has 1 atom stereocenters. The van der Waals surface area contributed by atoms with Gasteiger partial charge in [0.05, 0.1) is 7.11 Å². The SMILES string of the molecule is COc1ccc([C@H]2N=CN(CCl)O2)cc1. The Hall–Kier alpha value is -1.26. The lowest BCUT2D eigenvalue weighted by molar-refractivity contribution is -0.109. The van der Waals surface area contributed by atoms with E-state index >= 15 is 0 Å². The zero-order valence-corrected chi connectivity index (χ0v) is 9.02. The van der Waals surface area contributed by atoms with Crippen molar-refractivity contribution in [1.82, 2.24) is 5.06 Å². The Morgan fingerprint density at radius 1 is 1.47 bits per heavy atom. The van der Waals surface area contributed by atoms with Crippen LogP contribution in [0.2, 0.25) is 0 Å². The highest BCUT2D eigenvalue weighted by atomic mass is 35.5. The molecule has 0 saturated heterocycles. The minimum absolute atomic E-state index is 0.274. The third kappa shape index (κ3) is 2.22. The molecule has 0 saturated carbocycles. The number of alkyl halides is 1. The summed E-state index contributed by atoms with van der Waals surface area (Å²) in [7, 11) is 1.63. The summed E-state index contributed by atoms with van der Waals surface area (Å²) >= 11 is 5.60. The van der Waals surface area contributed by atoms with E-state index in [1.807, 2.05) is 24.3 Å². The van der Waals surface area contributed by atoms with Crippen molar-refractivity contribution in [3.63, 3.8) is 0 Å². The lowest BCUT2D eigenvalue weighted by atomic mass is 10.2. The number of halogens is 1. The average Bonchev–Trinajstić information content (AvgIpc) is 2.78. The van der Waals surface area contributed by atoms with Gasteiger partial charge in [-0.15, -0.1) is 11.6 Å². The maximum Gasteiger partial charge on any atom is 0.202 e. The normalized spacial score (nSPS) is 19.6. The first-order chi connectivity index (χ1) is 7.33. The minimum Gasteiger partial charge on any atom is -0.497 e. The Balaban J connectivity index is 2.08. The molecule has 1 heterocycles. The molecule has 15 heavy (non-hydrogen) atoms. The van der Waals surface area contributed by atoms with Crippen LogP contribution in [0.25, 0.3) is 0 Å². The molecule has 1 aliphatic heterocycles. The molecule has 0 N–H and O–H groups in total. The smallest absolute Gasteiger partial charge is 0.202 e. The Bertz CT molecular complexity index is 353. The van der Waals surface area contributed by atoms with Gasteiger partial charge < -0.3 is 4.74 Å². The maximum absolute atomic E-state index is 5.60. The van der Waals surface area contributed by atoms with Gasteiger partial charge in [-0.05, 0) is 12.1 Å². The van der Waals surface area contributed by atoms with Gasteiger partial charge in [-0.25, -0.2) is 14.9 Å². The zero-order chi connectivity index (χ0) is 10.7. The molecule has 2 rings (SSSR count). The summed E-state index contributed by atoms with van der Waals surface area (Å²) in [5, 5.41) is 1.48. The molecule has 4 nitrogen and oxygen atoms in total. The van der Waals surface area contributed by atoms with Crippen LogP contribution in [-0.2, 0) is 4.84 Å². The van der Waals surface area contributed by atoms with Gasteiger partial charge >= 0.3 is 0 Å². The van der Waals surface area contributed by atoms with Crippen molar-refractivity contribution < 1.29 is 9.57 Å². The molecule has 0 fully saturated rings. The number of hydroxylamine groups is 2. The molecule has 0 spiro atoms. The second-order valence-corrected chi connectivity index (χ2v) is 3.27. The van der Waals surface area contributed by atoms with E-state index in [1.165, 1.54) is 5.06 Å². The fraction of sp³-hybridized carbons (Fsp3) is 0.300. The summed E-state index contributed by atoms with van der Waals surface area (Å²) < 4.78 is 5.06. The molecular weight excluding hydrogens is 216 g/mol. The van der Waals surface area contributed by atoms with Crippen LogP contribution in [0.15, 0.2) is 29.3 Å². The molecule has 80 valence electrons. The predicted octanol–water partition coefficient (Wildman–Crippen LogP) is 2.17. The van der Waals surface area contributed by atoms with E-state index in [0.29, 0.717) is 0 Å². The fourth-order valence-corrected chi connectivity index (χ4v) is 1.41. The number of nitrogens with zero attached hydrogens (tertiary/aromatic N) is 2. The van der Waals surface area contributed by atoms with Crippen LogP contribution in [0.3, 0.4) is 0 Å². The molecule has 0 amide bonds. The second-order valence-electron chi connectivity index (χ2n) is 3.03. The van der Waals surface area contributed by atoms with Gasteiger partial charge in [-0.1, -0.05) is 12.1 Å². The number of hydrogen-bond donors (Lipinski definition) is 0. The minimum atomic E-state index is -0.297. The van der Waals surface area contributed by atoms with Gasteiger partial charge in [0.15, 0.2) is 0 Å². The third-order valence-corrected chi connectivity index (χ3v) is 2.32. The number of methoxy groups -OCH3 is 1. The molecule has 1 aliphatic rings. The first-order valence-electron chi connectivity index (χ1n) is 4.50. The lowest BCUT2D eigenvalue weighted by Gasteiger charge is -2.13. The van der Waals surface area contributed by atoms with Crippen LogP contribution in [0.5, 0.6) is 5.75 Å². The summed E-state index contributed by atoms with van der Waals surface area (Å²) in [4.78, 5) is 9.58. The van der Waals surface area contributed by atoms with Gasteiger partial charge in [0.2, 0.25) is 6.23 Å². The Morgan fingerprint density at radius 2 is 2.20 bits per heavy atom. The molecule has 0 aliphatic carbocycles. The van der Waals surface area contributed by atoms with Crippen molar-refractivity contribution in [3.8, 4) is 5.75 Å². The first kappa shape index (κ1) is 10.3. The standard InChI is InChI=1S/C10H11ClN2O2/c1-14-9-4-2-8(3-5-9)10-12-7-13(6-11)15-10/h2-5,7,10H,6H2,1H3/t10-/m0/s1. The summed E-state index contributed by atoms with van der Waals surface area (Å²) in [5.41, 5.74) is 0.972. The van der Waals surface area contributed by atoms with Crippen LogP contribution < -0.4 is 4.74 Å². The van der Waals surface area contributed by atoms with Gasteiger partial charge in [0, 0.05) is 5.56 Å².